The fourth-order valence-electron chi connectivity index (χ4n) is 2.14. The van der Waals surface area contributed by atoms with Crippen LogP contribution in [-0.4, -0.2) is 49.7 Å². The highest BCUT2D eigenvalue weighted by Crippen LogP contribution is 2.14. The van der Waals surface area contributed by atoms with Crippen LogP contribution in [0.5, 0.6) is 0 Å². The van der Waals surface area contributed by atoms with E-state index in [1.54, 1.807) is 0 Å². The van der Waals surface area contributed by atoms with E-state index in [4.69, 9.17) is 4.74 Å². The second-order valence-electron chi connectivity index (χ2n) is 5.56. The largest absolute Gasteiger partial charge is 0.372 e. The molecule has 1 amide bonds. The number of ether oxygens (including phenoxy) is 1. The number of carbonyl (C=O) groups excluding carboxylic acids is 1. The molecular formula is C14H28N2O2. The van der Waals surface area contributed by atoms with E-state index in [1.807, 2.05) is 11.9 Å². The Morgan fingerprint density at radius 2 is 2.06 bits per heavy atom. The molecule has 4 nitrogen and oxygen atoms in total. The summed E-state index contributed by atoms with van der Waals surface area (Å²) in [6.45, 7) is 8.82. The molecule has 0 bridgehead atoms. The van der Waals surface area contributed by atoms with Crippen molar-refractivity contribution in [3.05, 3.63) is 0 Å². The molecule has 2 atom stereocenters. The molecule has 106 valence electrons. The number of nitrogens with zero attached hydrogens (tertiary/aromatic N) is 1. The van der Waals surface area contributed by atoms with E-state index in [0.717, 1.165) is 32.5 Å². The van der Waals surface area contributed by atoms with Gasteiger partial charge in [-0.05, 0) is 32.7 Å². The lowest BCUT2D eigenvalue weighted by molar-refractivity contribution is -0.136. The Kier molecular flexibility index (Phi) is 6.65. The van der Waals surface area contributed by atoms with Crippen LogP contribution in [0.15, 0.2) is 0 Å². The molecule has 1 fully saturated rings. The van der Waals surface area contributed by atoms with Crippen molar-refractivity contribution < 1.29 is 9.53 Å². The van der Waals surface area contributed by atoms with Crippen molar-refractivity contribution >= 4 is 5.91 Å². The smallest absolute Gasteiger partial charge is 0.222 e. The van der Waals surface area contributed by atoms with E-state index in [2.05, 4.69) is 26.1 Å². The number of piperidine rings is 1. The van der Waals surface area contributed by atoms with Gasteiger partial charge in [-0.15, -0.1) is 0 Å². The predicted molar refractivity (Wildman–Crippen MR) is 73.5 cm³/mol. The molecule has 0 spiro atoms. The fraction of sp³-hybridized carbons (Fsp3) is 0.929. The van der Waals surface area contributed by atoms with Crippen LogP contribution < -0.4 is 5.32 Å². The fourth-order valence-corrected chi connectivity index (χ4v) is 2.14. The summed E-state index contributed by atoms with van der Waals surface area (Å²) in [6, 6.07) is 0. The Bertz CT molecular complexity index is 256. The number of hydrogen-bond donors (Lipinski definition) is 1. The van der Waals surface area contributed by atoms with Crippen LogP contribution in [0.2, 0.25) is 0 Å². The minimum atomic E-state index is 0.0921. The van der Waals surface area contributed by atoms with Crippen LogP contribution >= 0.6 is 0 Å². The number of carbonyl (C=O) groups is 1. The number of hydrogen-bond acceptors (Lipinski definition) is 3. The summed E-state index contributed by atoms with van der Waals surface area (Å²) < 4.78 is 6.05. The van der Waals surface area contributed by atoms with Crippen molar-refractivity contribution in [3.63, 3.8) is 0 Å². The highest BCUT2D eigenvalue weighted by Gasteiger charge is 2.23. The van der Waals surface area contributed by atoms with Crippen LogP contribution in [0.1, 0.15) is 40.0 Å². The molecule has 0 aliphatic carbocycles. The zero-order valence-corrected chi connectivity index (χ0v) is 12.2. The number of likely N-dealkylation sites (N-methyl/N-ethyl adjacent to an activating group) is 1. The molecule has 0 saturated carbocycles. The van der Waals surface area contributed by atoms with E-state index in [9.17, 15) is 4.79 Å². The van der Waals surface area contributed by atoms with Gasteiger partial charge in [-0.1, -0.05) is 13.8 Å². The number of rotatable bonds is 7. The monoisotopic (exact) mass is 256 g/mol. The Balaban J connectivity index is 2.48. The lowest BCUT2D eigenvalue weighted by atomic mass is 10.1. The van der Waals surface area contributed by atoms with Crippen molar-refractivity contribution in [2.24, 2.45) is 5.92 Å². The quantitative estimate of drug-likeness (QED) is 0.753. The van der Waals surface area contributed by atoms with Gasteiger partial charge in [0.05, 0.1) is 12.2 Å². The van der Waals surface area contributed by atoms with Gasteiger partial charge in [-0.3, -0.25) is 4.79 Å². The van der Waals surface area contributed by atoms with E-state index in [-0.39, 0.29) is 18.1 Å². The first-order valence-electron chi connectivity index (χ1n) is 7.12. The zero-order chi connectivity index (χ0) is 13.5. The SMILES string of the molecule is CNC[C@@H](CN1CCCCC1=O)O[C@@H](C)C(C)C. The van der Waals surface area contributed by atoms with E-state index in [0.29, 0.717) is 12.3 Å². The Labute approximate surface area is 111 Å². The number of nitrogens with one attached hydrogen (secondary N) is 1. The Morgan fingerprint density at radius 3 is 2.61 bits per heavy atom. The summed E-state index contributed by atoms with van der Waals surface area (Å²) in [6.07, 6.45) is 3.18. The maximum Gasteiger partial charge on any atom is 0.222 e. The lowest BCUT2D eigenvalue weighted by Gasteiger charge is -2.32. The first kappa shape index (κ1) is 15.4. The average molecular weight is 256 g/mol. The standard InChI is InChI=1S/C14H28N2O2/c1-11(2)12(3)18-13(9-15-4)10-16-8-6-5-7-14(16)17/h11-13,15H,5-10H2,1-4H3/t12-,13-/m0/s1. The average Bonchev–Trinajstić information content (AvgIpc) is 2.32. The molecule has 0 aromatic rings. The highest BCUT2D eigenvalue weighted by atomic mass is 16.5. The summed E-state index contributed by atoms with van der Waals surface area (Å²) in [5.74, 6) is 0.782. The third-order valence-corrected chi connectivity index (χ3v) is 3.62. The van der Waals surface area contributed by atoms with Gasteiger partial charge in [0.15, 0.2) is 0 Å². The van der Waals surface area contributed by atoms with Crippen molar-refractivity contribution in [3.8, 4) is 0 Å². The van der Waals surface area contributed by atoms with Crippen LogP contribution in [0, 0.1) is 5.92 Å². The molecule has 4 heteroatoms. The minimum Gasteiger partial charge on any atom is -0.372 e. The second-order valence-corrected chi connectivity index (χ2v) is 5.56. The van der Waals surface area contributed by atoms with Crippen LogP contribution in [-0.2, 0) is 9.53 Å². The highest BCUT2D eigenvalue weighted by molar-refractivity contribution is 5.76. The van der Waals surface area contributed by atoms with E-state index < -0.39 is 0 Å². The molecule has 1 aliphatic rings. The van der Waals surface area contributed by atoms with Gasteiger partial charge in [-0.25, -0.2) is 0 Å². The zero-order valence-electron chi connectivity index (χ0n) is 12.2. The van der Waals surface area contributed by atoms with Gasteiger partial charge in [-0.2, -0.15) is 0 Å². The third kappa shape index (κ3) is 4.94. The molecular weight excluding hydrogens is 228 g/mol. The normalized spacial score (nSPS) is 20.3. The predicted octanol–water partition coefficient (Wildman–Crippen LogP) is 1.65. The molecule has 0 aromatic heterocycles. The number of likely N-dealkylation sites (tertiary alicyclic amines) is 1. The summed E-state index contributed by atoms with van der Waals surface area (Å²) in [4.78, 5) is 13.8. The Morgan fingerprint density at radius 1 is 1.33 bits per heavy atom. The topological polar surface area (TPSA) is 41.6 Å². The van der Waals surface area contributed by atoms with Crippen LogP contribution in [0.25, 0.3) is 0 Å². The van der Waals surface area contributed by atoms with Crippen molar-refractivity contribution in [1.29, 1.82) is 0 Å². The second kappa shape index (κ2) is 7.74. The number of amides is 1. The summed E-state index contributed by atoms with van der Waals surface area (Å²) in [5, 5.41) is 3.15. The molecule has 0 unspecified atom stereocenters. The van der Waals surface area contributed by atoms with Gasteiger partial charge < -0.3 is 15.0 Å². The van der Waals surface area contributed by atoms with E-state index in [1.165, 1.54) is 0 Å². The molecule has 1 saturated heterocycles. The molecule has 0 aromatic carbocycles. The van der Waals surface area contributed by atoms with Crippen molar-refractivity contribution in [1.82, 2.24) is 10.2 Å². The maximum atomic E-state index is 11.8. The maximum absolute atomic E-state index is 11.8. The summed E-state index contributed by atoms with van der Waals surface area (Å²) >= 11 is 0. The lowest BCUT2D eigenvalue weighted by Crippen LogP contribution is -2.45. The molecule has 1 aliphatic heterocycles. The van der Waals surface area contributed by atoms with Gasteiger partial charge in [0.25, 0.3) is 0 Å². The van der Waals surface area contributed by atoms with Gasteiger partial charge >= 0.3 is 0 Å². The molecule has 0 radical (unpaired) electrons. The summed E-state index contributed by atoms with van der Waals surface area (Å²) in [5.41, 5.74) is 0. The van der Waals surface area contributed by atoms with Crippen molar-refractivity contribution in [2.75, 3.05) is 26.7 Å². The van der Waals surface area contributed by atoms with Crippen LogP contribution in [0.4, 0.5) is 0 Å². The summed E-state index contributed by atoms with van der Waals surface area (Å²) in [7, 11) is 1.93. The molecule has 1 heterocycles. The van der Waals surface area contributed by atoms with Crippen molar-refractivity contribution in [2.45, 2.75) is 52.2 Å². The minimum absolute atomic E-state index is 0.0921. The molecule has 1 rings (SSSR count). The molecule has 1 N–H and O–H groups in total. The van der Waals surface area contributed by atoms with E-state index >= 15 is 0 Å². The first-order valence-corrected chi connectivity index (χ1v) is 7.12. The third-order valence-electron chi connectivity index (χ3n) is 3.62. The van der Waals surface area contributed by atoms with Gasteiger partial charge in [0, 0.05) is 26.1 Å². The van der Waals surface area contributed by atoms with Crippen LogP contribution in [0.3, 0.4) is 0 Å². The van der Waals surface area contributed by atoms with Gasteiger partial charge in [0.1, 0.15) is 0 Å². The Hall–Kier alpha value is -0.610. The van der Waals surface area contributed by atoms with Gasteiger partial charge in [0.2, 0.25) is 5.91 Å². The molecule has 18 heavy (non-hydrogen) atoms. The first-order chi connectivity index (χ1) is 8.54.